The molecule has 2 aromatic carbocycles. The summed E-state index contributed by atoms with van der Waals surface area (Å²) in [7, 11) is 1.68. The molecule has 0 aliphatic heterocycles. The van der Waals surface area contributed by atoms with Crippen molar-refractivity contribution in [2.45, 2.75) is 45.8 Å². The smallest absolute Gasteiger partial charge is 0.334 e. The van der Waals surface area contributed by atoms with Gasteiger partial charge in [0.1, 0.15) is 11.2 Å². The normalized spacial score (nSPS) is 13.0. The van der Waals surface area contributed by atoms with E-state index in [-0.39, 0.29) is 0 Å². The Kier molecular flexibility index (Phi) is 3.78. The predicted octanol–water partition coefficient (Wildman–Crippen LogP) is 3.71. The summed E-state index contributed by atoms with van der Waals surface area (Å²) in [6.45, 7) is 9.30. The maximum atomic E-state index is 10.2. The van der Waals surface area contributed by atoms with Crippen LogP contribution < -0.4 is 5.46 Å². The average Bonchev–Trinajstić information content (AvgIpc) is 2.85. The third-order valence-electron chi connectivity index (χ3n) is 4.72. The van der Waals surface area contributed by atoms with Gasteiger partial charge in [0.05, 0.1) is 11.2 Å². The zero-order valence-corrected chi connectivity index (χ0v) is 14.3. The zero-order valence-electron chi connectivity index (χ0n) is 14.3. The van der Waals surface area contributed by atoms with Crippen LogP contribution in [0.3, 0.4) is 0 Å². The van der Waals surface area contributed by atoms with Crippen LogP contribution in [0.5, 0.6) is 0 Å². The van der Waals surface area contributed by atoms with Gasteiger partial charge in [-0.2, -0.15) is 0 Å². The van der Waals surface area contributed by atoms with Crippen LogP contribution in [-0.4, -0.2) is 23.8 Å². The number of benzene rings is 2. The molecule has 3 nitrogen and oxygen atoms in total. The van der Waals surface area contributed by atoms with Gasteiger partial charge < -0.3 is 14.2 Å². The molecular formula is C19H22BO3. The van der Waals surface area contributed by atoms with Gasteiger partial charge in [-0.15, -0.1) is 0 Å². The molecule has 1 radical (unpaired) electrons. The molecule has 0 saturated carbocycles. The van der Waals surface area contributed by atoms with E-state index in [0.717, 1.165) is 27.4 Å². The number of hydrogen-bond acceptors (Lipinski definition) is 3. The highest BCUT2D eigenvalue weighted by atomic mass is 16.5. The molecule has 0 amide bonds. The van der Waals surface area contributed by atoms with Crippen LogP contribution in [0.1, 0.15) is 33.3 Å². The van der Waals surface area contributed by atoms with Gasteiger partial charge in [-0.25, -0.2) is 0 Å². The topological polar surface area (TPSA) is 42.6 Å². The van der Waals surface area contributed by atoms with Crippen molar-refractivity contribution in [1.82, 2.24) is 0 Å². The van der Waals surface area contributed by atoms with E-state index in [2.05, 4.69) is 19.1 Å². The van der Waals surface area contributed by atoms with E-state index in [1.807, 2.05) is 38.1 Å². The molecule has 0 saturated heterocycles. The highest BCUT2D eigenvalue weighted by molar-refractivity contribution is 6.51. The Balaban J connectivity index is 2.04. The van der Waals surface area contributed by atoms with E-state index in [4.69, 9.17) is 9.07 Å². The molecule has 1 aromatic heterocycles. The summed E-state index contributed by atoms with van der Waals surface area (Å²) in [5.41, 5.74) is 2.06. The Morgan fingerprint density at radius 2 is 1.74 bits per heavy atom. The van der Waals surface area contributed by atoms with Crippen LogP contribution in [0.25, 0.3) is 21.9 Å². The fourth-order valence-corrected chi connectivity index (χ4v) is 2.46. The van der Waals surface area contributed by atoms with Gasteiger partial charge in [0.15, 0.2) is 0 Å². The molecule has 1 heterocycles. The van der Waals surface area contributed by atoms with E-state index < -0.39 is 11.2 Å². The Morgan fingerprint density at radius 3 is 2.43 bits per heavy atom. The minimum absolute atomic E-state index is 0.712. The summed E-state index contributed by atoms with van der Waals surface area (Å²) in [6.07, 6.45) is 0. The first-order valence-electron chi connectivity index (χ1n) is 7.85. The highest BCUT2D eigenvalue weighted by Gasteiger charge is 2.36. The number of para-hydroxylation sites is 1. The quantitative estimate of drug-likeness (QED) is 0.747. The minimum atomic E-state index is -0.957. The summed E-state index contributed by atoms with van der Waals surface area (Å²) in [5, 5.41) is 12.4. The molecule has 0 unspecified atom stereocenters. The molecule has 23 heavy (non-hydrogen) atoms. The number of fused-ring (bicyclic) bond motifs is 3. The third-order valence-corrected chi connectivity index (χ3v) is 4.72. The van der Waals surface area contributed by atoms with Crippen LogP contribution in [0, 0.1) is 6.92 Å². The molecule has 0 aliphatic carbocycles. The summed E-state index contributed by atoms with van der Waals surface area (Å²) in [5.74, 6) is 0. The van der Waals surface area contributed by atoms with Crippen LogP contribution in [0.4, 0.5) is 0 Å². The Bertz CT molecular complexity index is 856. The van der Waals surface area contributed by atoms with Crippen LogP contribution in [0.15, 0.2) is 40.8 Å². The second-order valence-corrected chi connectivity index (χ2v) is 7.08. The Labute approximate surface area is 137 Å². The standard InChI is InChI=1S/C19H22BO3/c1-12-10-11-14(20-23-19(4,5)18(2,3)21)17-16(12)13-8-6-7-9-15(13)22-17/h6-11,21H,1-5H3. The molecule has 0 aliphatic rings. The van der Waals surface area contributed by atoms with Gasteiger partial charge in [0, 0.05) is 10.8 Å². The number of furan rings is 1. The largest absolute Gasteiger partial charge is 0.457 e. The third kappa shape index (κ3) is 2.77. The predicted molar refractivity (Wildman–Crippen MR) is 95.3 cm³/mol. The van der Waals surface area contributed by atoms with Crippen molar-refractivity contribution >= 4 is 34.9 Å². The monoisotopic (exact) mass is 309 g/mol. The van der Waals surface area contributed by atoms with Crippen molar-refractivity contribution in [2.75, 3.05) is 0 Å². The lowest BCUT2D eigenvalue weighted by atomic mass is 9.81. The SMILES string of the molecule is Cc1ccc([B]OC(C)(C)C(C)(C)O)c2oc3ccccc3c12. The molecule has 3 aromatic rings. The van der Waals surface area contributed by atoms with Gasteiger partial charge in [0.25, 0.3) is 0 Å². The lowest BCUT2D eigenvalue weighted by molar-refractivity contribution is -0.0893. The fourth-order valence-electron chi connectivity index (χ4n) is 2.46. The van der Waals surface area contributed by atoms with Crippen molar-refractivity contribution in [3.63, 3.8) is 0 Å². The van der Waals surface area contributed by atoms with E-state index >= 15 is 0 Å². The van der Waals surface area contributed by atoms with Crippen LogP contribution in [-0.2, 0) is 4.65 Å². The molecular weight excluding hydrogens is 287 g/mol. The zero-order chi connectivity index (χ0) is 16.8. The van der Waals surface area contributed by atoms with Gasteiger partial charge in [-0.05, 0) is 51.7 Å². The summed E-state index contributed by atoms with van der Waals surface area (Å²) in [4.78, 5) is 0. The molecule has 0 atom stereocenters. The fraction of sp³-hybridized carbons (Fsp3) is 0.368. The molecule has 3 rings (SSSR count). The number of aryl methyl sites for hydroxylation is 1. The second-order valence-electron chi connectivity index (χ2n) is 7.08. The Hall–Kier alpha value is -1.78. The van der Waals surface area contributed by atoms with E-state index in [0.29, 0.717) is 0 Å². The van der Waals surface area contributed by atoms with Crippen LogP contribution in [0.2, 0.25) is 0 Å². The first-order valence-corrected chi connectivity index (χ1v) is 7.85. The molecule has 1 N–H and O–H groups in total. The maximum absolute atomic E-state index is 10.2. The van der Waals surface area contributed by atoms with Crippen LogP contribution >= 0.6 is 0 Å². The van der Waals surface area contributed by atoms with E-state index in [1.54, 1.807) is 21.3 Å². The molecule has 0 fully saturated rings. The average molecular weight is 309 g/mol. The number of aliphatic hydroxyl groups is 1. The van der Waals surface area contributed by atoms with E-state index in [9.17, 15) is 5.11 Å². The van der Waals surface area contributed by atoms with Gasteiger partial charge in [-0.1, -0.05) is 30.3 Å². The van der Waals surface area contributed by atoms with E-state index in [1.165, 1.54) is 5.56 Å². The first kappa shape index (κ1) is 16.1. The van der Waals surface area contributed by atoms with Crippen molar-refractivity contribution in [3.05, 3.63) is 42.0 Å². The summed E-state index contributed by atoms with van der Waals surface area (Å²) >= 11 is 0. The molecule has 0 spiro atoms. The first-order chi connectivity index (χ1) is 10.7. The van der Waals surface area contributed by atoms with Crippen molar-refractivity contribution in [2.24, 2.45) is 0 Å². The number of hydrogen-bond donors (Lipinski definition) is 1. The van der Waals surface area contributed by atoms with Crippen molar-refractivity contribution in [1.29, 1.82) is 0 Å². The van der Waals surface area contributed by atoms with Gasteiger partial charge in [0.2, 0.25) is 0 Å². The number of rotatable bonds is 4. The molecule has 4 heteroatoms. The lowest BCUT2D eigenvalue weighted by Gasteiger charge is -2.37. The highest BCUT2D eigenvalue weighted by Crippen LogP contribution is 2.30. The second kappa shape index (κ2) is 5.39. The van der Waals surface area contributed by atoms with Crippen molar-refractivity contribution in [3.8, 4) is 0 Å². The summed E-state index contributed by atoms with van der Waals surface area (Å²) in [6, 6.07) is 12.1. The maximum Gasteiger partial charge on any atom is 0.334 e. The Morgan fingerprint density at radius 1 is 1.04 bits per heavy atom. The summed E-state index contributed by atoms with van der Waals surface area (Å²) < 4.78 is 11.9. The lowest BCUT2D eigenvalue weighted by Crippen LogP contribution is -2.49. The molecule has 119 valence electrons. The van der Waals surface area contributed by atoms with Gasteiger partial charge >= 0.3 is 7.48 Å². The molecule has 0 bridgehead atoms. The van der Waals surface area contributed by atoms with Gasteiger partial charge in [-0.3, -0.25) is 0 Å². The van der Waals surface area contributed by atoms with Crippen molar-refractivity contribution < 1.29 is 14.2 Å². The minimum Gasteiger partial charge on any atom is -0.457 e.